The average molecular weight is 234 g/mol. The lowest BCUT2D eigenvalue weighted by Crippen LogP contribution is -2.20. The fraction of sp³-hybridized carbons (Fsp3) is 0.385. The maximum Gasteiger partial charge on any atom is 0.313 e. The molecule has 4 heteroatoms. The van der Waals surface area contributed by atoms with Gasteiger partial charge in [0, 0.05) is 0 Å². The number of hydrogen-bond donors (Lipinski definition) is 0. The summed E-state index contributed by atoms with van der Waals surface area (Å²) in [6.45, 7) is 2.05. The summed E-state index contributed by atoms with van der Waals surface area (Å²) in [6.07, 6.45) is -0.416. The van der Waals surface area contributed by atoms with Gasteiger partial charge in [-0.25, -0.2) is 0 Å². The van der Waals surface area contributed by atoms with Gasteiger partial charge < -0.3 is 9.47 Å². The van der Waals surface area contributed by atoms with Gasteiger partial charge in [-0.2, -0.15) is 0 Å². The van der Waals surface area contributed by atoms with E-state index in [0.717, 1.165) is 5.56 Å². The molecule has 0 radical (unpaired) electrons. The molecule has 0 spiro atoms. The Balaban J connectivity index is 2.20. The largest absolute Gasteiger partial charge is 0.466 e. The number of cyclic esters (lactones) is 1. The van der Waals surface area contributed by atoms with E-state index < -0.39 is 12.0 Å². The van der Waals surface area contributed by atoms with Crippen LogP contribution in [0.15, 0.2) is 30.3 Å². The Bertz CT molecular complexity index is 413. The van der Waals surface area contributed by atoms with Gasteiger partial charge in [0.1, 0.15) is 12.0 Å². The van der Waals surface area contributed by atoms with Gasteiger partial charge in [-0.15, -0.1) is 0 Å². The topological polar surface area (TPSA) is 52.6 Å². The zero-order chi connectivity index (χ0) is 12.3. The normalized spacial score (nSPS) is 23.2. The molecule has 0 aromatic heterocycles. The summed E-state index contributed by atoms with van der Waals surface area (Å²) in [5.74, 6) is -1.24. The van der Waals surface area contributed by atoms with E-state index in [2.05, 4.69) is 0 Å². The molecule has 1 aromatic carbocycles. The van der Waals surface area contributed by atoms with Crippen molar-refractivity contribution in [2.45, 2.75) is 19.4 Å². The first-order valence-corrected chi connectivity index (χ1v) is 5.63. The first-order valence-electron chi connectivity index (χ1n) is 5.63. The van der Waals surface area contributed by atoms with Crippen LogP contribution in [0.5, 0.6) is 0 Å². The SMILES string of the molecule is CCOC(=O)[C@@H]1CC(=O)O[C@@H]1c1ccccc1. The number of benzene rings is 1. The standard InChI is InChI=1S/C13H14O4/c1-2-16-13(15)10-8-11(14)17-12(10)9-6-4-3-5-7-9/h3-7,10,12H,2,8H2,1H3/t10-,12-/m1/s1. The Morgan fingerprint density at radius 1 is 1.41 bits per heavy atom. The zero-order valence-electron chi connectivity index (χ0n) is 9.59. The maximum atomic E-state index is 11.7. The third-order valence-corrected chi connectivity index (χ3v) is 2.73. The van der Waals surface area contributed by atoms with Crippen LogP contribution in [0.1, 0.15) is 25.0 Å². The molecule has 1 saturated heterocycles. The molecule has 1 fully saturated rings. The molecule has 0 aliphatic carbocycles. The van der Waals surface area contributed by atoms with E-state index in [1.165, 1.54) is 0 Å². The van der Waals surface area contributed by atoms with Crippen molar-refractivity contribution >= 4 is 11.9 Å². The molecule has 0 unspecified atom stereocenters. The van der Waals surface area contributed by atoms with E-state index in [1.54, 1.807) is 6.92 Å². The van der Waals surface area contributed by atoms with Gasteiger partial charge in [0.15, 0.2) is 0 Å². The molecule has 0 N–H and O–H groups in total. The summed E-state index contributed by atoms with van der Waals surface area (Å²) in [4.78, 5) is 23.0. The van der Waals surface area contributed by atoms with Crippen LogP contribution in [0.4, 0.5) is 0 Å². The van der Waals surface area contributed by atoms with E-state index >= 15 is 0 Å². The van der Waals surface area contributed by atoms with Gasteiger partial charge in [-0.1, -0.05) is 30.3 Å². The van der Waals surface area contributed by atoms with Gasteiger partial charge in [0.2, 0.25) is 0 Å². The van der Waals surface area contributed by atoms with Crippen molar-refractivity contribution in [3.05, 3.63) is 35.9 Å². The summed E-state index contributed by atoms with van der Waals surface area (Å²) >= 11 is 0. The summed E-state index contributed by atoms with van der Waals surface area (Å²) in [5.41, 5.74) is 0.830. The first kappa shape index (κ1) is 11.6. The van der Waals surface area contributed by atoms with Crippen molar-refractivity contribution in [1.29, 1.82) is 0 Å². The number of carbonyl (C=O) groups is 2. The van der Waals surface area contributed by atoms with Gasteiger partial charge in [0.05, 0.1) is 13.0 Å². The van der Waals surface area contributed by atoms with Crippen molar-refractivity contribution in [2.75, 3.05) is 6.61 Å². The second-order valence-corrected chi connectivity index (χ2v) is 3.88. The predicted octanol–water partition coefficient (Wildman–Crippen LogP) is 1.85. The van der Waals surface area contributed by atoms with E-state index in [1.807, 2.05) is 30.3 Å². The highest BCUT2D eigenvalue weighted by Gasteiger charge is 2.41. The van der Waals surface area contributed by atoms with Crippen LogP contribution in [0, 0.1) is 5.92 Å². The van der Waals surface area contributed by atoms with Crippen LogP contribution in [-0.4, -0.2) is 18.5 Å². The van der Waals surface area contributed by atoms with Crippen LogP contribution in [0.25, 0.3) is 0 Å². The number of rotatable bonds is 3. The minimum atomic E-state index is -0.523. The van der Waals surface area contributed by atoms with Gasteiger partial charge >= 0.3 is 11.9 Å². The minimum Gasteiger partial charge on any atom is -0.466 e. The summed E-state index contributed by atoms with van der Waals surface area (Å²) in [6, 6.07) is 9.26. The van der Waals surface area contributed by atoms with Crippen molar-refractivity contribution in [3.63, 3.8) is 0 Å². The third-order valence-electron chi connectivity index (χ3n) is 2.73. The van der Waals surface area contributed by atoms with Crippen molar-refractivity contribution in [2.24, 2.45) is 5.92 Å². The summed E-state index contributed by atoms with van der Waals surface area (Å²) in [5, 5.41) is 0. The van der Waals surface area contributed by atoms with Gasteiger partial charge in [-0.3, -0.25) is 9.59 Å². The molecule has 4 nitrogen and oxygen atoms in total. The Kier molecular flexibility index (Phi) is 3.42. The van der Waals surface area contributed by atoms with Crippen LogP contribution in [0.3, 0.4) is 0 Å². The molecule has 1 aliphatic rings. The lowest BCUT2D eigenvalue weighted by molar-refractivity contribution is -0.150. The minimum absolute atomic E-state index is 0.0956. The monoisotopic (exact) mass is 234 g/mol. The Morgan fingerprint density at radius 2 is 2.12 bits per heavy atom. The molecule has 90 valence electrons. The molecular formula is C13H14O4. The number of carbonyl (C=O) groups excluding carboxylic acids is 2. The predicted molar refractivity (Wildman–Crippen MR) is 60.0 cm³/mol. The van der Waals surface area contributed by atoms with E-state index in [-0.39, 0.29) is 18.4 Å². The molecule has 1 aliphatic heterocycles. The van der Waals surface area contributed by atoms with Crippen molar-refractivity contribution < 1.29 is 19.1 Å². The average Bonchev–Trinajstić information content (AvgIpc) is 2.73. The highest BCUT2D eigenvalue weighted by atomic mass is 16.6. The number of ether oxygens (including phenoxy) is 2. The molecule has 0 saturated carbocycles. The van der Waals surface area contributed by atoms with Crippen molar-refractivity contribution in [3.8, 4) is 0 Å². The quantitative estimate of drug-likeness (QED) is 0.749. The second kappa shape index (κ2) is 4.99. The molecule has 0 bridgehead atoms. The smallest absolute Gasteiger partial charge is 0.313 e. The molecule has 0 amide bonds. The Morgan fingerprint density at radius 3 is 2.76 bits per heavy atom. The zero-order valence-corrected chi connectivity index (χ0v) is 9.59. The van der Waals surface area contributed by atoms with Gasteiger partial charge in [-0.05, 0) is 12.5 Å². The highest BCUT2D eigenvalue weighted by Crippen LogP contribution is 2.35. The van der Waals surface area contributed by atoms with Gasteiger partial charge in [0.25, 0.3) is 0 Å². The van der Waals surface area contributed by atoms with E-state index in [4.69, 9.17) is 9.47 Å². The lowest BCUT2D eigenvalue weighted by Gasteiger charge is -2.16. The van der Waals surface area contributed by atoms with E-state index in [9.17, 15) is 9.59 Å². The molecule has 2 atom stereocenters. The Hall–Kier alpha value is -1.84. The van der Waals surface area contributed by atoms with Crippen LogP contribution < -0.4 is 0 Å². The summed E-state index contributed by atoms with van der Waals surface area (Å²) in [7, 11) is 0. The molecule has 2 rings (SSSR count). The molecule has 1 heterocycles. The highest BCUT2D eigenvalue weighted by molar-refractivity contribution is 5.83. The molecule has 1 aromatic rings. The first-order chi connectivity index (χ1) is 8.22. The van der Waals surface area contributed by atoms with Crippen LogP contribution in [-0.2, 0) is 19.1 Å². The third kappa shape index (κ3) is 2.46. The van der Waals surface area contributed by atoms with Crippen molar-refractivity contribution in [1.82, 2.24) is 0 Å². The fourth-order valence-corrected chi connectivity index (χ4v) is 1.96. The van der Waals surface area contributed by atoms with E-state index in [0.29, 0.717) is 6.61 Å². The lowest BCUT2D eigenvalue weighted by atomic mass is 9.95. The second-order valence-electron chi connectivity index (χ2n) is 3.88. The summed E-state index contributed by atoms with van der Waals surface area (Å²) < 4.78 is 10.1. The van der Waals surface area contributed by atoms with Crippen LogP contribution in [0.2, 0.25) is 0 Å². The van der Waals surface area contributed by atoms with Crippen LogP contribution >= 0.6 is 0 Å². The molecule has 17 heavy (non-hydrogen) atoms. The Labute approximate surface area is 99.5 Å². The number of hydrogen-bond acceptors (Lipinski definition) is 4. The fourth-order valence-electron chi connectivity index (χ4n) is 1.96. The molecular weight excluding hydrogens is 220 g/mol. The number of esters is 2. The maximum absolute atomic E-state index is 11.7.